The minimum absolute atomic E-state index is 0. The van der Waals surface area contributed by atoms with Gasteiger partial charge in [-0.1, -0.05) is 6.07 Å². The molecule has 1 rings (SSSR count). The minimum atomic E-state index is -1.44. The van der Waals surface area contributed by atoms with Crippen molar-refractivity contribution in [3.63, 3.8) is 0 Å². The smallest absolute Gasteiger partial charge is 0.548 e. The van der Waals surface area contributed by atoms with E-state index in [1.807, 2.05) is 18.2 Å². The second-order valence-electron chi connectivity index (χ2n) is 2.08. The normalized spacial score (nSPS) is 6.78. The molecule has 0 aliphatic carbocycles. The van der Waals surface area contributed by atoms with Gasteiger partial charge in [-0.25, -0.2) is 0 Å². The first-order chi connectivity index (χ1) is 7.54. The topological polar surface area (TPSA) is 169 Å². The first-order valence-electron chi connectivity index (χ1n) is 4.01. The van der Waals surface area contributed by atoms with Gasteiger partial charge >= 0.3 is 21.1 Å². The van der Waals surface area contributed by atoms with Gasteiger partial charge in [0.2, 0.25) is 0 Å². The molecule has 9 heteroatoms. The number of hydrogen-bond acceptors (Lipinski definition) is 8. The zero-order valence-corrected chi connectivity index (χ0v) is 11.6. The largest absolute Gasteiger partial charge is 2.00 e. The van der Waals surface area contributed by atoms with E-state index in [9.17, 15) is 0 Å². The Bertz CT molecular complexity index is 245. The average molecular weight is 441 g/mol. The molecule has 0 aliphatic rings. The van der Waals surface area contributed by atoms with E-state index in [4.69, 9.17) is 30.0 Å². The number of carboxylic acids is 2. The summed E-state index contributed by atoms with van der Waals surface area (Å²) in [6.45, 7) is -1.78. The van der Waals surface area contributed by atoms with Crippen LogP contribution in [0.15, 0.2) is 30.6 Å². The van der Waals surface area contributed by atoms with E-state index in [0.717, 1.165) is 0 Å². The van der Waals surface area contributed by atoms with E-state index in [-0.39, 0.29) is 27.2 Å². The number of carboxylic acid groups (broad SMARTS) is 2. The van der Waals surface area contributed by atoms with E-state index in [0.29, 0.717) is 0 Å². The molecule has 0 amide bonds. The first kappa shape index (κ1) is 25.5. The molecule has 0 aromatic carbocycles. The molecule has 0 unspecified atom stereocenters. The van der Waals surface area contributed by atoms with Gasteiger partial charge in [-0.3, -0.25) is 4.98 Å². The summed E-state index contributed by atoms with van der Waals surface area (Å²) in [7, 11) is 0. The molecule has 0 atom stereocenters. The fourth-order valence-electron chi connectivity index (χ4n) is 0.313. The number of rotatable bonds is 2. The molecule has 0 saturated carbocycles. The van der Waals surface area contributed by atoms with Crippen molar-refractivity contribution >= 4 is 11.9 Å². The molecule has 0 radical (unpaired) electrons. The summed E-state index contributed by atoms with van der Waals surface area (Å²) in [5, 5.41) is 33.0. The molecule has 18 heavy (non-hydrogen) atoms. The summed E-state index contributed by atoms with van der Waals surface area (Å²) in [4.78, 5) is 21.8. The zero-order chi connectivity index (χ0) is 12.8. The average Bonchev–Trinajstić information content (AvgIpc) is 2.32. The maximum absolute atomic E-state index is 9.01. The number of aliphatic hydroxyl groups excluding tert-OH is 2. The fraction of sp³-hybridized carbons (Fsp3) is 0.222. The summed E-state index contributed by atoms with van der Waals surface area (Å²) >= 11 is 0. The molecule has 1 aromatic heterocycles. The number of aliphatic hydroxyl groups is 2. The predicted octanol–water partition coefficient (Wildman–Crippen LogP) is -3.30. The number of aliphatic carboxylic acids is 2. The Hall–Kier alpha value is -1.34. The van der Waals surface area contributed by atoms with E-state index >= 15 is 0 Å². The van der Waals surface area contributed by atoms with Crippen LogP contribution in [0.1, 0.15) is 0 Å². The quantitative estimate of drug-likeness (QED) is 0.429. The maximum atomic E-state index is 9.01. The van der Waals surface area contributed by atoms with Gasteiger partial charge < -0.3 is 36.2 Å². The van der Waals surface area contributed by atoms with Crippen molar-refractivity contribution in [2.24, 2.45) is 0 Å². The fourth-order valence-corrected chi connectivity index (χ4v) is 0.313. The summed E-state index contributed by atoms with van der Waals surface area (Å²) in [5.74, 6) is -2.88. The van der Waals surface area contributed by atoms with Gasteiger partial charge in [-0.2, -0.15) is 0 Å². The first-order valence-corrected chi connectivity index (χ1v) is 4.01. The number of pyridine rings is 1. The second-order valence-corrected chi connectivity index (χ2v) is 2.08. The van der Waals surface area contributed by atoms with Crippen molar-refractivity contribution in [1.29, 1.82) is 0 Å². The Morgan fingerprint density at radius 3 is 1.28 bits per heavy atom. The number of carbonyl (C=O) groups is 2. The Morgan fingerprint density at radius 2 is 1.22 bits per heavy atom. The van der Waals surface area contributed by atoms with Crippen molar-refractivity contribution in [1.82, 2.24) is 11.1 Å². The van der Waals surface area contributed by atoms with Crippen molar-refractivity contribution in [2.75, 3.05) is 13.2 Å². The van der Waals surface area contributed by atoms with Gasteiger partial charge in [0.1, 0.15) is 0 Å². The molecular formula is C9H14N2O6Pt. The van der Waals surface area contributed by atoms with Crippen molar-refractivity contribution in [3.05, 3.63) is 30.6 Å². The van der Waals surface area contributed by atoms with E-state index in [2.05, 4.69) is 4.98 Å². The molecule has 0 spiro atoms. The SMILES string of the molecule is N.O=C([O-])CO.O=C([O-])CO.[Pt+2].c1ccncc1. The number of aromatic nitrogens is 1. The predicted molar refractivity (Wildman–Crippen MR) is 53.4 cm³/mol. The van der Waals surface area contributed by atoms with Gasteiger partial charge in [0.25, 0.3) is 0 Å². The van der Waals surface area contributed by atoms with Crippen LogP contribution in [0.25, 0.3) is 0 Å². The number of carbonyl (C=O) groups excluding carboxylic acids is 2. The standard InChI is InChI=1S/C5H5N.2C2H4O3.H3N.Pt/c1-2-4-6-5-3-1;2*3-1-2(4)5;;/h1-5H;2*3H,1H2,(H,4,5);1H3;/q;;;;+2/p-2. The van der Waals surface area contributed by atoms with Gasteiger partial charge in [0.05, 0.1) is 25.2 Å². The monoisotopic (exact) mass is 441 g/mol. The van der Waals surface area contributed by atoms with Crippen LogP contribution >= 0.6 is 0 Å². The number of nitrogens with zero attached hydrogens (tertiary/aromatic N) is 1. The van der Waals surface area contributed by atoms with Gasteiger partial charge in [-0.05, 0) is 12.1 Å². The summed E-state index contributed by atoms with van der Waals surface area (Å²) < 4.78 is 0. The van der Waals surface area contributed by atoms with Gasteiger partial charge in [0.15, 0.2) is 0 Å². The van der Waals surface area contributed by atoms with Crippen molar-refractivity contribution in [3.8, 4) is 0 Å². The Labute approximate surface area is 118 Å². The Morgan fingerprint density at radius 1 is 0.944 bits per heavy atom. The summed E-state index contributed by atoms with van der Waals surface area (Å²) in [5.41, 5.74) is 0. The van der Waals surface area contributed by atoms with Crippen molar-refractivity contribution in [2.45, 2.75) is 0 Å². The molecule has 0 bridgehead atoms. The van der Waals surface area contributed by atoms with E-state index < -0.39 is 25.2 Å². The van der Waals surface area contributed by atoms with Gasteiger partial charge in [0, 0.05) is 12.4 Å². The molecule has 1 heterocycles. The Balaban J connectivity index is -0.0000000781. The van der Waals surface area contributed by atoms with Crippen LogP contribution in [0, 0.1) is 0 Å². The molecule has 0 fully saturated rings. The third-order valence-electron chi connectivity index (χ3n) is 0.825. The molecule has 0 aliphatic heterocycles. The molecular weight excluding hydrogens is 427 g/mol. The minimum Gasteiger partial charge on any atom is -0.548 e. The Kier molecular flexibility index (Phi) is 29.7. The van der Waals surface area contributed by atoms with Crippen LogP contribution in [0.5, 0.6) is 0 Å². The van der Waals surface area contributed by atoms with E-state index in [1.165, 1.54) is 0 Å². The van der Waals surface area contributed by atoms with Gasteiger partial charge in [-0.15, -0.1) is 0 Å². The van der Waals surface area contributed by atoms with Crippen LogP contribution in [0.2, 0.25) is 0 Å². The molecule has 8 nitrogen and oxygen atoms in total. The molecule has 0 saturated heterocycles. The number of hydrogen-bond donors (Lipinski definition) is 3. The van der Waals surface area contributed by atoms with Crippen LogP contribution < -0.4 is 16.4 Å². The van der Waals surface area contributed by atoms with Crippen LogP contribution in [-0.2, 0) is 30.7 Å². The van der Waals surface area contributed by atoms with Crippen LogP contribution in [0.4, 0.5) is 0 Å². The van der Waals surface area contributed by atoms with Crippen LogP contribution in [-0.4, -0.2) is 40.3 Å². The van der Waals surface area contributed by atoms with E-state index in [1.54, 1.807) is 12.4 Å². The zero-order valence-electron chi connectivity index (χ0n) is 9.30. The third-order valence-corrected chi connectivity index (χ3v) is 0.825. The summed E-state index contributed by atoms with van der Waals surface area (Å²) in [6.07, 6.45) is 3.50. The molecule has 1 aromatic rings. The van der Waals surface area contributed by atoms with Crippen molar-refractivity contribution < 1.29 is 51.1 Å². The summed E-state index contributed by atoms with van der Waals surface area (Å²) in [6, 6.07) is 5.72. The molecule has 5 N–H and O–H groups in total. The second kappa shape index (κ2) is 21.0. The third kappa shape index (κ3) is 36.5. The maximum Gasteiger partial charge on any atom is 2.00 e. The molecule has 106 valence electrons. The van der Waals surface area contributed by atoms with Crippen LogP contribution in [0.3, 0.4) is 0 Å².